The molecule has 2 amide bonds. The quantitative estimate of drug-likeness (QED) is 0.786. The molecule has 0 bridgehead atoms. The number of thioether (sulfide) groups is 1. The minimum absolute atomic E-state index is 0.128. The molecular weight excluding hydrogens is 332 g/mol. The normalized spacial score (nSPS) is 11.6. The summed E-state index contributed by atoms with van der Waals surface area (Å²) in [4.78, 5) is 24.3. The number of hydrogen-bond acceptors (Lipinski definition) is 3. The molecule has 0 aromatic heterocycles. The molecule has 23 heavy (non-hydrogen) atoms. The topological polar surface area (TPSA) is 58.2 Å². The highest BCUT2D eigenvalue weighted by Crippen LogP contribution is 2.27. The van der Waals surface area contributed by atoms with E-state index in [-0.39, 0.29) is 17.1 Å². The molecule has 2 aromatic carbocycles. The number of nitrogens with one attached hydrogen (secondary N) is 2. The number of carbonyl (C=O) groups excluding carboxylic acids is 2. The van der Waals surface area contributed by atoms with Crippen LogP contribution in [-0.4, -0.2) is 17.1 Å². The van der Waals surface area contributed by atoms with Crippen molar-refractivity contribution in [1.29, 1.82) is 0 Å². The average Bonchev–Trinajstić information content (AvgIpc) is 2.49. The van der Waals surface area contributed by atoms with Crippen LogP contribution in [0.3, 0.4) is 0 Å². The van der Waals surface area contributed by atoms with Crippen LogP contribution in [0.5, 0.6) is 0 Å². The second kappa shape index (κ2) is 8.04. The summed E-state index contributed by atoms with van der Waals surface area (Å²) < 4.78 is 0. The molecule has 0 aliphatic carbocycles. The van der Waals surface area contributed by atoms with Gasteiger partial charge in [-0.25, -0.2) is 0 Å². The van der Waals surface area contributed by atoms with Crippen molar-refractivity contribution in [3.63, 3.8) is 0 Å². The number of para-hydroxylation sites is 1. The maximum atomic E-state index is 12.3. The summed E-state index contributed by atoms with van der Waals surface area (Å²) in [6, 6.07) is 14.5. The predicted octanol–water partition coefficient (Wildman–Crippen LogP) is 4.42. The largest absolute Gasteiger partial charge is 0.326 e. The van der Waals surface area contributed by atoms with E-state index in [1.165, 1.54) is 18.7 Å². The van der Waals surface area contributed by atoms with E-state index in [4.69, 9.17) is 11.6 Å². The molecule has 0 heterocycles. The second-order valence-electron chi connectivity index (χ2n) is 4.94. The Bertz CT molecular complexity index is 721. The summed E-state index contributed by atoms with van der Waals surface area (Å²) in [7, 11) is 0. The molecule has 0 fully saturated rings. The van der Waals surface area contributed by atoms with Crippen molar-refractivity contribution >= 4 is 46.6 Å². The number of hydrogen-bond donors (Lipinski definition) is 2. The molecule has 1 unspecified atom stereocenters. The Kier molecular flexibility index (Phi) is 6.07. The maximum Gasteiger partial charge on any atom is 0.237 e. The Labute approximate surface area is 144 Å². The van der Waals surface area contributed by atoms with Gasteiger partial charge in [0.05, 0.1) is 16.0 Å². The van der Waals surface area contributed by atoms with Gasteiger partial charge in [-0.3, -0.25) is 9.59 Å². The van der Waals surface area contributed by atoms with E-state index in [9.17, 15) is 9.59 Å². The van der Waals surface area contributed by atoms with E-state index in [0.717, 1.165) is 4.90 Å². The first-order valence-corrected chi connectivity index (χ1v) is 8.31. The van der Waals surface area contributed by atoms with Crippen LogP contribution in [0.1, 0.15) is 13.8 Å². The molecule has 6 heteroatoms. The number of anilines is 2. The molecule has 2 rings (SSSR count). The minimum atomic E-state index is -0.307. The number of benzene rings is 2. The minimum Gasteiger partial charge on any atom is -0.326 e. The lowest BCUT2D eigenvalue weighted by atomic mass is 10.3. The van der Waals surface area contributed by atoms with Gasteiger partial charge in [-0.05, 0) is 37.3 Å². The van der Waals surface area contributed by atoms with Crippen molar-refractivity contribution in [3.05, 3.63) is 53.6 Å². The molecule has 0 saturated heterocycles. The van der Waals surface area contributed by atoms with Gasteiger partial charge in [0.2, 0.25) is 11.8 Å². The third-order valence-electron chi connectivity index (χ3n) is 2.97. The first kappa shape index (κ1) is 17.4. The SMILES string of the molecule is CC(=O)Nc1cccc(SC(C)C(=O)Nc2ccccc2Cl)c1. The Morgan fingerprint density at radius 1 is 1.09 bits per heavy atom. The third-order valence-corrected chi connectivity index (χ3v) is 4.39. The van der Waals surface area contributed by atoms with Crippen molar-refractivity contribution < 1.29 is 9.59 Å². The predicted molar refractivity (Wildman–Crippen MR) is 96.1 cm³/mol. The highest BCUT2D eigenvalue weighted by Gasteiger charge is 2.15. The highest BCUT2D eigenvalue weighted by atomic mass is 35.5. The summed E-state index contributed by atoms with van der Waals surface area (Å²) >= 11 is 7.45. The third kappa shape index (κ3) is 5.30. The molecule has 1 atom stereocenters. The molecular formula is C17H17ClN2O2S. The van der Waals surface area contributed by atoms with E-state index >= 15 is 0 Å². The number of halogens is 1. The fraction of sp³-hybridized carbons (Fsp3) is 0.176. The lowest BCUT2D eigenvalue weighted by Crippen LogP contribution is -2.22. The maximum absolute atomic E-state index is 12.3. The molecule has 0 aliphatic rings. The van der Waals surface area contributed by atoms with E-state index in [1.54, 1.807) is 18.2 Å². The van der Waals surface area contributed by atoms with E-state index in [0.29, 0.717) is 16.4 Å². The van der Waals surface area contributed by atoms with Gasteiger partial charge in [0.25, 0.3) is 0 Å². The standard InChI is InChI=1S/C17H17ClN2O2S/c1-11(17(22)20-16-9-4-3-8-15(16)18)23-14-7-5-6-13(10-14)19-12(2)21/h3-11H,1-2H3,(H,19,21)(H,20,22). The van der Waals surface area contributed by atoms with Crippen LogP contribution in [0.15, 0.2) is 53.4 Å². The summed E-state index contributed by atoms with van der Waals surface area (Å²) in [5.41, 5.74) is 1.31. The Morgan fingerprint density at radius 3 is 2.52 bits per heavy atom. The van der Waals surface area contributed by atoms with Crippen LogP contribution >= 0.6 is 23.4 Å². The number of amides is 2. The van der Waals surface area contributed by atoms with Crippen molar-refractivity contribution in [1.82, 2.24) is 0 Å². The molecule has 120 valence electrons. The summed E-state index contributed by atoms with van der Waals surface area (Å²) in [6.45, 7) is 3.28. The lowest BCUT2D eigenvalue weighted by Gasteiger charge is -2.13. The molecule has 0 aliphatic heterocycles. The second-order valence-corrected chi connectivity index (χ2v) is 6.76. The van der Waals surface area contributed by atoms with Crippen LogP contribution in [0.4, 0.5) is 11.4 Å². The zero-order valence-electron chi connectivity index (χ0n) is 12.8. The van der Waals surface area contributed by atoms with Crippen LogP contribution < -0.4 is 10.6 Å². The molecule has 0 radical (unpaired) electrons. The zero-order valence-corrected chi connectivity index (χ0v) is 14.4. The van der Waals surface area contributed by atoms with Gasteiger partial charge < -0.3 is 10.6 Å². The number of carbonyl (C=O) groups is 2. The van der Waals surface area contributed by atoms with Crippen LogP contribution in [0, 0.1) is 0 Å². The highest BCUT2D eigenvalue weighted by molar-refractivity contribution is 8.00. The first-order chi connectivity index (χ1) is 11.0. The molecule has 0 saturated carbocycles. The zero-order chi connectivity index (χ0) is 16.8. The average molecular weight is 349 g/mol. The fourth-order valence-corrected chi connectivity index (χ4v) is 3.01. The fourth-order valence-electron chi connectivity index (χ4n) is 1.91. The molecule has 2 N–H and O–H groups in total. The molecule has 4 nitrogen and oxygen atoms in total. The lowest BCUT2D eigenvalue weighted by molar-refractivity contribution is -0.115. The van der Waals surface area contributed by atoms with Gasteiger partial charge in [-0.2, -0.15) is 0 Å². The van der Waals surface area contributed by atoms with Crippen LogP contribution in [0.2, 0.25) is 5.02 Å². The van der Waals surface area contributed by atoms with Crippen molar-refractivity contribution in [3.8, 4) is 0 Å². The van der Waals surface area contributed by atoms with E-state index in [1.807, 2.05) is 37.3 Å². The summed E-state index contributed by atoms with van der Waals surface area (Å²) in [6.07, 6.45) is 0. The van der Waals surface area contributed by atoms with Gasteiger partial charge in [-0.1, -0.05) is 29.8 Å². The van der Waals surface area contributed by atoms with Crippen LogP contribution in [-0.2, 0) is 9.59 Å². The van der Waals surface area contributed by atoms with Gasteiger partial charge >= 0.3 is 0 Å². The first-order valence-electron chi connectivity index (χ1n) is 7.05. The van der Waals surface area contributed by atoms with Gasteiger partial charge in [0.1, 0.15) is 0 Å². The van der Waals surface area contributed by atoms with Gasteiger partial charge in [-0.15, -0.1) is 11.8 Å². The molecule has 2 aromatic rings. The van der Waals surface area contributed by atoms with Gasteiger partial charge in [0.15, 0.2) is 0 Å². The number of rotatable bonds is 5. The Balaban J connectivity index is 2.01. The van der Waals surface area contributed by atoms with Crippen molar-refractivity contribution in [2.75, 3.05) is 10.6 Å². The van der Waals surface area contributed by atoms with Crippen LogP contribution in [0.25, 0.3) is 0 Å². The van der Waals surface area contributed by atoms with Crippen molar-refractivity contribution in [2.45, 2.75) is 24.0 Å². The van der Waals surface area contributed by atoms with E-state index < -0.39 is 0 Å². The van der Waals surface area contributed by atoms with E-state index in [2.05, 4.69) is 10.6 Å². The molecule has 0 spiro atoms. The monoisotopic (exact) mass is 348 g/mol. The smallest absolute Gasteiger partial charge is 0.237 e. The van der Waals surface area contributed by atoms with Gasteiger partial charge in [0, 0.05) is 17.5 Å². The summed E-state index contributed by atoms with van der Waals surface area (Å²) in [5, 5.41) is 5.74. The Morgan fingerprint density at radius 2 is 1.83 bits per heavy atom. The Hall–Kier alpha value is -1.98. The van der Waals surface area contributed by atoms with Crippen molar-refractivity contribution in [2.24, 2.45) is 0 Å². The summed E-state index contributed by atoms with van der Waals surface area (Å²) in [5.74, 6) is -0.260.